The summed E-state index contributed by atoms with van der Waals surface area (Å²) in [4.78, 5) is 15.5. The first-order valence-electron chi connectivity index (χ1n) is 7.82. The fraction of sp³-hybridized carbons (Fsp3) is 0.467. The summed E-state index contributed by atoms with van der Waals surface area (Å²) in [5.74, 6) is 1.42. The fourth-order valence-corrected chi connectivity index (χ4v) is 2.98. The molecule has 1 saturated heterocycles. The maximum atomic E-state index is 8.82. The van der Waals surface area contributed by atoms with Crippen LogP contribution in [0.3, 0.4) is 0 Å². The minimum Gasteiger partial charge on any atom is -0.379 e. The molecule has 1 fully saturated rings. The fourth-order valence-electron chi connectivity index (χ4n) is 2.36. The topological polar surface area (TPSA) is 99.0 Å². The SMILES string of the molecule is N#Cc1cnc(Nc2cc(NCCCN3CCOCC3)ncn2)s1. The number of aromatic nitrogens is 3. The number of hydrogen-bond donors (Lipinski definition) is 2. The molecular weight excluding hydrogens is 326 g/mol. The van der Waals surface area contributed by atoms with Gasteiger partial charge in [0.05, 0.1) is 19.4 Å². The molecule has 24 heavy (non-hydrogen) atoms. The van der Waals surface area contributed by atoms with Crippen LogP contribution in [-0.4, -0.2) is 59.2 Å². The second kappa shape index (κ2) is 8.54. The van der Waals surface area contributed by atoms with Gasteiger partial charge in [-0.25, -0.2) is 15.0 Å². The Kier molecular flexibility index (Phi) is 5.90. The second-order valence-electron chi connectivity index (χ2n) is 5.29. The summed E-state index contributed by atoms with van der Waals surface area (Å²) in [6.45, 7) is 5.60. The molecule has 2 N–H and O–H groups in total. The number of ether oxygens (including phenoxy) is 1. The monoisotopic (exact) mass is 345 g/mol. The highest BCUT2D eigenvalue weighted by molar-refractivity contribution is 7.16. The van der Waals surface area contributed by atoms with Crippen molar-refractivity contribution in [3.05, 3.63) is 23.5 Å². The van der Waals surface area contributed by atoms with Crippen LogP contribution in [0.4, 0.5) is 16.8 Å². The van der Waals surface area contributed by atoms with E-state index in [0.29, 0.717) is 15.8 Å². The van der Waals surface area contributed by atoms with Crippen molar-refractivity contribution in [2.24, 2.45) is 0 Å². The number of nitrogens with zero attached hydrogens (tertiary/aromatic N) is 5. The van der Waals surface area contributed by atoms with Gasteiger partial charge in [0.15, 0.2) is 5.13 Å². The molecule has 0 amide bonds. The number of thiazole rings is 1. The van der Waals surface area contributed by atoms with E-state index in [-0.39, 0.29) is 0 Å². The largest absolute Gasteiger partial charge is 0.379 e. The molecule has 0 bridgehead atoms. The van der Waals surface area contributed by atoms with Crippen molar-refractivity contribution in [1.29, 1.82) is 5.26 Å². The van der Waals surface area contributed by atoms with E-state index in [1.54, 1.807) is 6.20 Å². The summed E-state index contributed by atoms with van der Waals surface area (Å²) in [7, 11) is 0. The van der Waals surface area contributed by atoms with Crippen molar-refractivity contribution in [3.63, 3.8) is 0 Å². The lowest BCUT2D eigenvalue weighted by Gasteiger charge is -2.26. The molecule has 8 nitrogen and oxygen atoms in total. The molecule has 2 aromatic heterocycles. The van der Waals surface area contributed by atoms with Crippen molar-refractivity contribution < 1.29 is 4.74 Å². The molecule has 0 aromatic carbocycles. The number of rotatable bonds is 7. The molecule has 0 saturated carbocycles. The smallest absolute Gasteiger partial charge is 0.189 e. The average molecular weight is 345 g/mol. The molecule has 126 valence electrons. The average Bonchev–Trinajstić information content (AvgIpc) is 3.08. The Hall–Kier alpha value is -2.28. The molecule has 1 aliphatic heterocycles. The Morgan fingerprint density at radius 1 is 1.25 bits per heavy atom. The zero-order valence-electron chi connectivity index (χ0n) is 13.2. The van der Waals surface area contributed by atoms with Gasteiger partial charge in [0.1, 0.15) is 28.9 Å². The normalized spacial score (nSPS) is 15.0. The van der Waals surface area contributed by atoms with E-state index in [4.69, 9.17) is 10.00 Å². The van der Waals surface area contributed by atoms with Crippen LogP contribution in [-0.2, 0) is 4.74 Å². The molecule has 0 radical (unpaired) electrons. The quantitative estimate of drug-likeness (QED) is 0.731. The highest BCUT2D eigenvalue weighted by Gasteiger charge is 2.09. The summed E-state index contributed by atoms with van der Waals surface area (Å²) < 4.78 is 5.34. The van der Waals surface area contributed by atoms with Gasteiger partial charge in [-0.3, -0.25) is 4.90 Å². The molecule has 1 aliphatic rings. The van der Waals surface area contributed by atoms with Gasteiger partial charge in [-0.2, -0.15) is 5.26 Å². The summed E-state index contributed by atoms with van der Waals surface area (Å²) in [6.07, 6.45) is 4.09. The zero-order chi connectivity index (χ0) is 16.6. The van der Waals surface area contributed by atoms with Gasteiger partial charge in [0.25, 0.3) is 0 Å². The summed E-state index contributed by atoms with van der Waals surface area (Å²) in [5, 5.41) is 15.9. The van der Waals surface area contributed by atoms with Crippen LogP contribution in [0.2, 0.25) is 0 Å². The molecule has 0 atom stereocenters. The molecule has 3 heterocycles. The van der Waals surface area contributed by atoms with Crippen LogP contribution in [0.5, 0.6) is 0 Å². The minimum absolute atomic E-state index is 0.563. The third kappa shape index (κ3) is 4.86. The van der Waals surface area contributed by atoms with E-state index in [0.717, 1.165) is 51.6 Å². The lowest BCUT2D eigenvalue weighted by molar-refractivity contribution is 0.0378. The molecule has 0 unspecified atom stereocenters. The second-order valence-corrected chi connectivity index (χ2v) is 6.32. The predicted molar refractivity (Wildman–Crippen MR) is 92.5 cm³/mol. The maximum absolute atomic E-state index is 8.82. The number of nitriles is 1. The van der Waals surface area contributed by atoms with E-state index in [1.165, 1.54) is 17.7 Å². The van der Waals surface area contributed by atoms with Crippen LogP contribution in [0, 0.1) is 11.3 Å². The Labute approximate surface area is 144 Å². The van der Waals surface area contributed by atoms with Gasteiger partial charge in [0.2, 0.25) is 0 Å². The lowest BCUT2D eigenvalue weighted by Crippen LogP contribution is -2.37. The van der Waals surface area contributed by atoms with Gasteiger partial charge < -0.3 is 15.4 Å². The molecule has 9 heteroatoms. The van der Waals surface area contributed by atoms with E-state index >= 15 is 0 Å². The van der Waals surface area contributed by atoms with Crippen molar-refractivity contribution in [3.8, 4) is 6.07 Å². The highest BCUT2D eigenvalue weighted by Crippen LogP contribution is 2.21. The Bertz CT molecular complexity index is 693. The van der Waals surface area contributed by atoms with E-state index in [1.807, 2.05) is 6.07 Å². The first-order chi connectivity index (χ1) is 11.8. The highest BCUT2D eigenvalue weighted by atomic mass is 32.1. The summed E-state index contributed by atoms with van der Waals surface area (Å²) >= 11 is 1.29. The lowest BCUT2D eigenvalue weighted by atomic mass is 10.3. The first-order valence-corrected chi connectivity index (χ1v) is 8.64. The van der Waals surface area contributed by atoms with E-state index < -0.39 is 0 Å². The third-order valence-corrected chi connectivity index (χ3v) is 4.40. The standard InChI is InChI=1S/C15H19N7OS/c16-9-12-10-18-15(24-12)21-14-8-13(19-11-20-14)17-2-1-3-22-4-6-23-7-5-22/h8,10-11H,1-7H2,(H2,17,18,19,20,21). The number of hydrogen-bond acceptors (Lipinski definition) is 9. The van der Waals surface area contributed by atoms with Crippen LogP contribution >= 0.6 is 11.3 Å². The van der Waals surface area contributed by atoms with Crippen LogP contribution in [0.15, 0.2) is 18.6 Å². The number of morpholine rings is 1. The number of anilines is 3. The molecule has 3 rings (SSSR count). The van der Waals surface area contributed by atoms with Crippen molar-refractivity contribution in [2.45, 2.75) is 6.42 Å². The molecule has 0 spiro atoms. The minimum atomic E-state index is 0.563. The Morgan fingerprint density at radius 2 is 2.08 bits per heavy atom. The van der Waals surface area contributed by atoms with Gasteiger partial charge in [-0.05, 0) is 13.0 Å². The van der Waals surface area contributed by atoms with Gasteiger partial charge in [-0.15, -0.1) is 0 Å². The third-order valence-electron chi connectivity index (χ3n) is 3.58. The Balaban J connectivity index is 1.45. The summed E-state index contributed by atoms with van der Waals surface area (Å²) in [5.41, 5.74) is 0. The molecule has 0 aliphatic carbocycles. The summed E-state index contributed by atoms with van der Waals surface area (Å²) in [6, 6.07) is 3.90. The molecule has 2 aromatic rings. The Morgan fingerprint density at radius 3 is 2.88 bits per heavy atom. The first kappa shape index (κ1) is 16.6. The van der Waals surface area contributed by atoms with Crippen LogP contribution in [0.1, 0.15) is 11.3 Å². The van der Waals surface area contributed by atoms with Gasteiger partial charge in [-0.1, -0.05) is 11.3 Å². The van der Waals surface area contributed by atoms with E-state index in [9.17, 15) is 0 Å². The van der Waals surface area contributed by atoms with Gasteiger partial charge >= 0.3 is 0 Å². The van der Waals surface area contributed by atoms with Gasteiger partial charge in [0, 0.05) is 25.7 Å². The number of nitrogens with one attached hydrogen (secondary N) is 2. The predicted octanol–water partition coefficient (Wildman–Crippen LogP) is 1.68. The van der Waals surface area contributed by atoms with Crippen molar-refractivity contribution in [1.82, 2.24) is 19.9 Å². The van der Waals surface area contributed by atoms with Crippen LogP contribution < -0.4 is 10.6 Å². The maximum Gasteiger partial charge on any atom is 0.189 e. The zero-order valence-corrected chi connectivity index (χ0v) is 14.1. The van der Waals surface area contributed by atoms with Crippen molar-refractivity contribution >= 4 is 28.1 Å². The molecular formula is C15H19N7OS. The van der Waals surface area contributed by atoms with E-state index in [2.05, 4.69) is 36.6 Å². The van der Waals surface area contributed by atoms with Crippen LogP contribution in [0.25, 0.3) is 0 Å². The van der Waals surface area contributed by atoms with Crippen molar-refractivity contribution in [2.75, 3.05) is 50.0 Å².